The highest BCUT2D eigenvalue weighted by Gasteiger charge is 2.23. The maximum Gasteiger partial charge on any atom is 0.324 e. The highest BCUT2D eigenvalue weighted by atomic mass is 16.5. The molecule has 0 radical (unpaired) electrons. The molecule has 0 aromatic rings. The smallest absolute Gasteiger partial charge is 0.324 e. The predicted octanol–water partition coefficient (Wildman–Crippen LogP) is 0.211. The standard InChI is InChI=1S/C9H16N2O3/c1-7(6-14-2)5-11-4-3-8(12)10-9(11)13/h7H,3-6H2,1-2H3,(H,10,12,13). The van der Waals surface area contributed by atoms with Crippen molar-refractivity contribution in [2.75, 3.05) is 26.8 Å². The summed E-state index contributed by atoms with van der Waals surface area (Å²) in [5.74, 6) is 0.101. The molecule has 0 aromatic carbocycles. The third kappa shape index (κ3) is 2.99. The third-order valence-electron chi connectivity index (χ3n) is 2.13. The lowest BCUT2D eigenvalue weighted by atomic mass is 10.1. The van der Waals surface area contributed by atoms with E-state index in [0.717, 1.165) is 0 Å². The van der Waals surface area contributed by atoms with Gasteiger partial charge in [-0.15, -0.1) is 0 Å². The Kier molecular flexibility index (Phi) is 3.88. The van der Waals surface area contributed by atoms with Crippen molar-refractivity contribution in [3.63, 3.8) is 0 Å². The summed E-state index contributed by atoms with van der Waals surface area (Å²) in [4.78, 5) is 23.8. The number of methoxy groups -OCH3 is 1. The second kappa shape index (κ2) is 4.95. The second-order valence-electron chi connectivity index (χ2n) is 3.61. The van der Waals surface area contributed by atoms with Gasteiger partial charge in [0.05, 0.1) is 6.61 Å². The van der Waals surface area contributed by atoms with Gasteiger partial charge >= 0.3 is 6.03 Å². The van der Waals surface area contributed by atoms with E-state index in [9.17, 15) is 9.59 Å². The molecular formula is C9H16N2O3. The van der Waals surface area contributed by atoms with E-state index >= 15 is 0 Å². The van der Waals surface area contributed by atoms with Gasteiger partial charge in [0.1, 0.15) is 0 Å². The van der Waals surface area contributed by atoms with Crippen LogP contribution in [0.15, 0.2) is 0 Å². The van der Waals surface area contributed by atoms with Crippen LogP contribution in [0.2, 0.25) is 0 Å². The zero-order valence-corrected chi connectivity index (χ0v) is 8.58. The van der Waals surface area contributed by atoms with Crippen LogP contribution in [-0.2, 0) is 9.53 Å². The second-order valence-corrected chi connectivity index (χ2v) is 3.61. The zero-order chi connectivity index (χ0) is 10.6. The Bertz CT molecular complexity index is 230. The Labute approximate surface area is 83.4 Å². The summed E-state index contributed by atoms with van der Waals surface area (Å²) >= 11 is 0. The lowest BCUT2D eigenvalue weighted by molar-refractivity contribution is -0.121. The van der Waals surface area contributed by atoms with Gasteiger partial charge in [-0.05, 0) is 5.92 Å². The van der Waals surface area contributed by atoms with Gasteiger partial charge in [0.25, 0.3) is 0 Å². The van der Waals surface area contributed by atoms with Crippen LogP contribution in [0.5, 0.6) is 0 Å². The van der Waals surface area contributed by atoms with E-state index in [1.807, 2.05) is 6.92 Å². The lowest BCUT2D eigenvalue weighted by Crippen LogP contribution is -2.50. The van der Waals surface area contributed by atoms with Crippen molar-refractivity contribution in [1.82, 2.24) is 10.2 Å². The maximum absolute atomic E-state index is 11.3. The summed E-state index contributed by atoms with van der Waals surface area (Å²) in [6, 6.07) is -0.288. The number of urea groups is 1. The van der Waals surface area contributed by atoms with Crippen molar-refractivity contribution in [2.45, 2.75) is 13.3 Å². The molecule has 1 atom stereocenters. The van der Waals surface area contributed by atoms with Crippen LogP contribution in [0.25, 0.3) is 0 Å². The van der Waals surface area contributed by atoms with Crippen molar-refractivity contribution in [3.05, 3.63) is 0 Å². The topological polar surface area (TPSA) is 58.6 Å². The fraction of sp³-hybridized carbons (Fsp3) is 0.778. The minimum absolute atomic E-state index is 0.189. The number of rotatable bonds is 4. The number of carbonyl (C=O) groups excluding carboxylic acids is 2. The molecule has 3 amide bonds. The van der Waals surface area contributed by atoms with Gasteiger partial charge in [0.15, 0.2) is 0 Å². The Hall–Kier alpha value is -1.10. The van der Waals surface area contributed by atoms with Gasteiger partial charge < -0.3 is 9.64 Å². The molecule has 0 aliphatic carbocycles. The molecule has 14 heavy (non-hydrogen) atoms. The van der Waals surface area contributed by atoms with Crippen LogP contribution in [0, 0.1) is 5.92 Å². The number of imide groups is 1. The third-order valence-corrected chi connectivity index (χ3v) is 2.13. The number of amides is 3. The van der Waals surface area contributed by atoms with E-state index in [0.29, 0.717) is 32.0 Å². The first kappa shape index (κ1) is 11.0. The molecule has 0 saturated carbocycles. The quantitative estimate of drug-likeness (QED) is 0.705. The summed E-state index contributed by atoms with van der Waals surface area (Å²) in [5.41, 5.74) is 0. The molecule has 1 rings (SSSR count). The van der Waals surface area contributed by atoms with Crippen LogP contribution in [0.4, 0.5) is 4.79 Å². The largest absolute Gasteiger partial charge is 0.384 e. The van der Waals surface area contributed by atoms with Crippen molar-refractivity contribution < 1.29 is 14.3 Å². The Balaban J connectivity index is 2.37. The van der Waals surface area contributed by atoms with Gasteiger partial charge in [-0.3, -0.25) is 10.1 Å². The predicted molar refractivity (Wildman–Crippen MR) is 50.8 cm³/mol. The number of ether oxygens (including phenoxy) is 1. The number of carbonyl (C=O) groups is 2. The van der Waals surface area contributed by atoms with Crippen molar-refractivity contribution in [1.29, 1.82) is 0 Å². The van der Waals surface area contributed by atoms with Gasteiger partial charge in [-0.25, -0.2) is 4.79 Å². The molecule has 0 spiro atoms. The van der Waals surface area contributed by atoms with E-state index in [1.54, 1.807) is 12.0 Å². The fourth-order valence-electron chi connectivity index (χ4n) is 1.49. The zero-order valence-electron chi connectivity index (χ0n) is 8.58. The average Bonchev–Trinajstić information content (AvgIpc) is 2.10. The van der Waals surface area contributed by atoms with Crippen LogP contribution in [0.1, 0.15) is 13.3 Å². The summed E-state index contributed by atoms with van der Waals surface area (Å²) in [6.07, 6.45) is 0.394. The molecular weight excluding hydrogens is 184 g/mol. The first-order chi connectivity index (χ1) is 6.63. The SMILES string of the molecule is COCC(C)CN1CCC(=O)NC1=O. The molecule has 1 heterocycles. The van der Waals surface area contributed by atoms with E-state index in [-0.39, 0.29) is 11.9 Å². The van der Waals surface area contributed by atoms with Crippen LogP contribution >= 0.6 is 0 Å². The molecule has 5 heteroatoms. The molecule has 1 saturated heterocycles. The fourth-order valence-corrected chi connectivity index (χ4v) is 1.49. The number of hydrogen-bond donors (Lipinski definition) is 1. The van der Waals surface area contributed by atoms with Gasteiger partial charge in [-0.2, -0.15) is 0 Å². The number of nitrogens with zero attached hydrogens (tertiary/aromatic N) is 1. The first-order valence-electron chi connectivity index (χ1n) is 4.71. The lowest BCUT2D eigenvalue weighted by Gasteiger charge is -2.28. The highest BCUT2D eigenvalue weighted by molar-refractivity contribution is 5.96. The normalized spacial score (nSPS) is 19.4. The Morgan fingerprint density at radius 3 is 2.86 bits per heavy atom. The van der Waals surface area contributed by atoms with Gasteiger partial charge in [0, 0.05) is 26.6 Å². The molecule has 5 nitrogen and oxygen atoms in total. The molecule has 1 fully saturated rings. The highest BCUT2D eigenvalue weighted by Crippen LogP contribution is 2.05. The molecule has 1 unspecified atom stereocenters. The van der Waals surface area contributed by atoms with Crippen LogP contribution < -0.4 is 5.32 Å². The molecule has 0 bridgehead atoms. The maximum atomic E-state index is 11.3. The first-order valence-corrected chi connectivity index (χ1v) is 4.71. The van der Waals surface area contributed by atoms with E-state index in [4.69, 9.17) is 4.74 Å². The number of hydrogen-bond acceptors (Lipinski definition) is 3. The summed E-state index contributed by atoms with van der Waals surface area (Å²) in [7, 11) is 1.64. The monoisotopic (exact) mass is 200 g/mol. The Morgan fingerprint density at radius 1 is 1.57 bits per heavy atom. The minimum atomic E-state index is -0.288. The molecule has 80 valence electrons. The molecule has 0 aromatic heterocycles. The molecule has 1 aliphatic heterocycles. The summed E-state index contributed by atoms with van der Waals surface area (Å²) in [5, 5.41) is 2.28. The van der Waals surface area contributed by atoms with Crippen molar-refractivity contribution in [2.24, 2.45) is 5.92 Å². The van der Waals surface area contributed by atoms with Gasteiger partial charge in [-0.1, -0.05) is 6.92 Å². The van der Waals surface area contributed by atoms with E-state index in [2.05, 4.69) is 5.32 Å². The Morgan fingerprint density at radius 2 is 2.29 bits per heavy atom. The molecule has 1 aliphatic rings. The van der Waals surface area contributed by atoms with Crippen LogP contribution in [0.3, 0.4) is 0 Å². The van der Waals surface area contributed by atoms with E-state index in [1.165, 1.54) is 0 Å². The summed E-state index contributed by atoms with van der Waals surface area (Å²) in [6.45, 7) is 3.77. The van der Waals surface area contributed by atoms with Crippen molar-refractivity contribution in [3.8, 4) is 0 Å². The van der Waals surface area contributed by atoms with Gasteiger partial charge in [0.2, 0.25) is 5.91 Å². The summed E-state index contributed by atoms with van der Waals surface area (Å²) < 4.78 is 4.98. The average molecular weight is 200 g/mol. The minimum Gasteiger partial charge on any atom is -0.384 e. The van der Waals surface area contributed by atoms with E-state index < -0.39 is 0 Å². The van der Waals surface area contributed by atoms with Crippen molar-refractivity contribution >= 4 is 11.9 Å². The van der Waals surface area contributed by atoms with Crippen LogP contribution in [-0.4, -0.2) is 43.6 Å². The number of nitrogens with one attached hydrogen (secondary N) is 1. The molecule has 1 N–H and O–H groups in total.